The maximum Gasteiger partial charge on any atom is 0.272 e. The fourth-order valence-corrected chi connectivity index (χ4v) is 2.91. The van der Waals surface area contributed by atoms with Crippen molar-refractivity contribution in [2.45, 2.75) is 27.4 Å². The first-order valence-electron chi connectivity index (χ1n) is 9.77. The van der Waals surface area contributed by atoms with Gasteiger partial charge in [-0.3, -0.25) is 4.79 Å². The SMILES string of the molecule is CCN(CC)C(=O)c1cc(C)nc(Nc2ccc(OCc3ccccc3)cc2)n1. The molecular weight excluding hydrogens is 364 g/mol. The van der Waals surface area contributed by atoms with E-state index in [4.69, 9.17) is 4.74 Å². The Balaban J connectivity index is 1.67. The fourth-order valence-electron chi connectivity index (χ4n) is 2.91. The van der Waals surface area contributed by atoms with Gasteiger partial charge in [-0.05, 0) is 56.7 Å². The Morgan fingerprint density at radius 3 is 2.34 bits per heavy atom. The average Bonchev–Trinajstić information content (AvgIpc) is 2.74. The summed E-state index contributed by atoms with van der Waals surface area (Å²) in [6.45, 7) is 7.57. The highest BCUT2D eigenvalue weighted by atomic mass is 16.5. The molecule has 1 amide bonds. The van der Waals surface area contributed by atoms with Crippen molar-refractivity contribution < 1.29 is 9.53 Å². The number of aromatic nitrogens is 2. The number of nitrogens with one attached hydrogen (secondary N) is 1. The van der Waals surface area contributed by atoms with Gasteiger partial charge in [0.1, 0.15) is 18.1 Å². The van der Waals surface area contributed by atoms with Crippen molar-refractivity contribution in [1.82, 2.24) is 14.9 Å². The molecule has 0 aliphatic rings. The molecular formula is C23H26N4O2. The number of hydrogen-bond acceptors (Lipinski definition) is 5. The van der Waals surface area contributed by atoms with Gasteiger partial charge in [-0.2, -0.15) is 0 Å². The minimum atomic E-state index is -0.0896. The van der Waals surface area contributed by atoms with Gasteiger partial charge in [0.25, 0.3) is 5.91 Å². The topological polar surface area (TPSA) is 67.4 Å². The molecule has 3 rings (SSSR count). The van der Waals surface area contributed by atoms with Crippen LogP contribution in [0.4, 0.5) is 11.6 Å². The molecule has 1 N–H and O–H groups in total. The standard InChI is InChI=1S/C23H26N4O2/c1-4-27(5-2)22(28)21-15-17(3)24-23(26-21)25-19-11-13-20(14-12-19)29-16-18-9-7-6-8-10-18/h6-15H,4-5,16H2,1-3H3,(H,24,25,26). The van der Waals surface area contributed by atoms with Crippen molar-refractivity contribution in [2.24, 2.45) is 0 Å². The number of nitrogens with zero attached hydrogens (tertiary/aromatic N) is 3. The largest absolute Gasteiger partial charge is 0.489 e. The van der Waals surface area contributed by atoms with Crippen molar-refractivity contribution in [3.05, 3.63) is 77.6 Å². The smallest absolute Gasteiger partial charge is 0.272 e. The first-order valence-corrected chi connectivity index (χ1v) is 9.77. The Hall–Kier alpha value is -3.41. The second-order valence-electron chi connectivity index (χ2n) is 6.62. The molecule has 6 nitrogen and oxygen atoms in total. The van der Waals surface area contributed by atoms with Crippen LogP contribution in [-0.4, -0.2) is 33.9 Å². The Morgan fingerprint density at radius 2 is 1.69 bits per heavy atom. The maximum absolute atomic E-state index is 12.6. The van der Waals surface area contributed by atoms with Gasteiger partial charge in [0.05, 0.1) is 0 Å². The van der Waals surface area contributed by atoms with E-state index in [9.17, 15) is 4.79 Å². The van der Waals surface area contributed by atoms with Crippen LogP contribution in [0, 0.1) is 6.92 Å². The van der Waals surface area contributed by atoms with Crippen molar-refractivity contribution in [2.75, 3.05) is 18.4 Å². The van der Waals surface area contributed by atoms with Gasteiger partial charge in [-0.25, -0.2) is 9.97 Å². The van der Waals surface area contributed by atoms with Crippen LogP contribution in [0.15, 0.2) is 60.7 Å². The highest BCUT2D eigenvalue weighted by Crippen LogP contribution is 2.20. The van der Waals surface area contributed by atoms with Crippen molar-refractivity contribution in [1.29, 1.82) is 0 Å². The lowest BCUT2D eigenvalue weighted by Crippen LogP contribution is -2.31. The number of carbonyl (C=O) groups excluding carboxylic acids is 1. The number of rotatable bonds is 8. The lowest BCUT2D eigenvalue weighted by Gasteiger charge is -2.18. The van der Waals surface area contributed by atoms with Crippen molar-refractivity contribution in [3.63, 3.8) is 0 Å². The first-order chi connectivity index (χ1) is 14.1. The van der Waals surface area contributed by atoms with E-state index in [-0.39, 0.29) is 5.91 Å². The van der Waals surface area contributed by atoms with Crippen LogP contribution in [0.2, 0.25) is 0 Å². The van der Waals surface area contributed by atoms with E-state index in [1.54, 1.807) is 11.0 Å². The van der Waals surface area contributed by atoms with Gasteiger partial charge in [-0.1, -0.05) is 30.3 Å². The lowest BCUT2D eigenvalue weighted by molar-refractivity contribution is 0.0767. The summed E-state index contributed by atoms with van der Waals surface area (Å²) in [7, 11) is 0. The molecule has 3 aromatic rings. The van der Waals surface area contributed by atoms with Crippen LogP contribution < -0.4 is 10.1 Å². The van der Waals surface area contributed by atoms with Gasteiger partial charge in [-0.15, -0.1) is 0 Å². The summed E-state index contributed by atoms with van der Waals surface area (Å²) in [6.07, 6.45) is 0. The average molecular weight is 390 g/mol. The summed E-state index contributed by atoms with van der Waals surface area (Å²) in [4.78, 5) is 23.1. The number of ether oxygens (including phenoxy) is 1. The van der Waals surface area contributed by atoms with Gasteiger partial charge in [0, 0.05) is 24.5 Å². The number of amides is 1. The molecule has 0 radical (unpaired) electrons. The van der Waals surface area contributed by atoms with E-state index < -0.39 is 0 Å². The van der Waals surface area contributed by atoms with Crippen LogP contribution in [0.1, 0.15) is 35.6 Å². The Morgan fingerprint density at radius 1 is 1.00 bits per heavy atom. The zero-order valence-corrected chi connectivity index (χ0v) is 17.1. The Labute approximate surface area is 171 Å². The summed E-state index contributed by atoms with van der Waals surface area (Å²) >= 11 is 0. The molecule has 0 spiro atoms. The summed E-state index contributed by atoms with van der Waals surface area (Å²) in [5.74, 6) is 1.09. The number of aryl methyl sites for hydroxylation is 1. The fraction of sp³-hybridized carbons (Fsp3) is 0.261. The predicted molar refractivity (Wildman–Crippen MR) is 115 cm³/mol. The molecule has 0 saturated heterocycles. The van der Waals surface area contributed by atoms with Crippen molar-refractivity contribution >= 4 is 17.5 Å². The number of carbonyl (C=O) groups is 1. The highest BCUT2D eigenvalue weighted by Gasteiger charge is 2.16. The maximum atomic E-state index is 12.6. The van der Waals surface area contributed by atoms with Crippen molar-refractivity contribution in [3.8, 4) is 5.75 Å². The third-order valence-electron chi connectivity index (χ3n) is 4.48. The third-order valence-corrected chi connectivity index (χ3v) is 4.48. The minimum absolute atomic E-state index is 0.0896. The van der Waals surface area contributed by atoms with E-state index in [0.717, 1.165) is 22.7 Å². The van der Waals surface area contributed by atoms with E-state index in [0.29, 0.717) is 31.3 Å². The van der Waals surface area contributed by atoms with E-state index >= 15 is 0 Å². The quantitative estimate of drug-likeness (QED) is 0.609. The van der Waals surface area contributed by atoms with Gasteiger partial charge >= 0.3 is 0 Å². The molecule has 2 aromatic carbocycles. The molecule has 0 fully saturated rings. The summed E-state index contributed by atoms with van der Waals surface area (Å²) in [5, 5.41) is 3.17. The summed E-state index contributed by atoms with van der Waals surface area (Å²) in [5.41, 5.74) is 3.07. The lowest BCUT2D eigenvalue weighted by atomic mass is 10.2. The van der Waals surface area contributed by atoms with Gasteiger partial charge < -0.3 is 15.0 Å². The van der Waals surface area contributed by atoms with Crippen LogP contribution >= 0.6 is 0 Å². The molecule has 150 valence electrons. The molecule has 1 heterocycles. The zero-order valence-electron chi connectivity index (χ0n) is 17.1. The number of hydrogen-bond donors (Lipinski definition) is 1. The molecule has 1 aromatic heterocycles. The van der Waals surface area contributed by atoms with Crippen LogP contribution in [-0.2, 0) is 6.61 Å². The highest BCUT2D eigenvalue weighted by molar-refractivity contribution is 5.92. The van der Waals surface area contributed by atoms with Crippen LogP contribution in [0.25, 0.3) is 0 Å². The minimum Gasteiger partial charge on any atom is -0.489 e. The van der Waals surface area contributed by atoms with E-state index in [2.05, 4.69) is 15.3 Å². The molecule has 0 saturated carbocycles. The molecule has 0 atom stereocenters. The summed E-state index contributed by atoms with van der Waals surface area (Å²) < 4.78 is 5.81. The molecule has 0 bridgehead atoms. The molecule has 6 heteroatoms. The van der Waals surface area contributed by atoms with E-state index in [1.807, 2.05) is 75.4 Å². The van der Waals surface area contributed by atoms with Gasteiger partial charge in [0.2, 0.25) is 5.95 Å². The zero-order chi connectivity index (χ0) is 20.6. The molecule has 0 aliphatic carbocycles. The summed E-state index contributed by atoms with van der Waals surface area (Å²) in [6, 6.07) is 19.3. The third kappa shape index (κ3) is 5.54. The van der Waals surface area contributed by atoms with Crippen LogP contribution in [0.3, 0.4) is 0 Å². The predicted octanol–water partition coefficient (Wildman–Crippen LogP) is 4.59. The number of benzene rings is 2. The van der Waals surface area contributed by atoms with Crippen LogP contribution in [0.5, 0.6) is 5.75 Å². The molecule has 29 heavy (non-hydrogen) atoms. The first kappa shape index (κ1) is 20.3. The second-order valence-corrected chi connectivity index (χ2v) is 6.62. The Bertz CT molecular complexity index is 939. The Kier molecular flexibility index (Phi) is 6.79. The molecule has 0 unspecified atom stereocenters. The van der Waals surface area contributed by atoms with E-state index in [1.165, 1.54) is 0 Å². The van der Waals surface area contributed by atoms with Gasteiger partial charge in [0.15, 0.2) is 0 Å². The number of anilines is 2. The molecule has 0 aliphatic heterocycles. The second kappa shape index (κ2) is 9.68. The normalized spacial score (nSPS) is 10.4. The monoisotopic (exact) mass is 390 g/mol.